The van der Waals surface area contributed by atoms with Gasteiger partial charge in [0.1, 0.15) is 5.75 Å². The van der Waals surface area contributed by atoms with Crippen LogP contribution in [0.2, 0.25) is 0 Å². The van der Waals surface area contributed by atoms with Crippen molar-refractivity contribution in [3.8, 4) is 5.75 Å². The number of esters is 2. The highest BCUT2D eigenvalue weighted by Crippen LogP contribution is 2.49. The fourth-order valence-corrected chi connectivity index (χ4v) is 3.97. The third kappa shape index (κ3) is 2.84. The first-order valence-corrected chi connectivity index (χ1v) is 8.30. The standard InChI is InChI=1S/C20H22O5/c1-20(19(23)25-3)9-8-15-14-7-5-13(21)10-12(14)4-6-16(15)17(20)11-18(22)24-2/h4-7,10,17,21H,8-9,11H2,1-3H3/t17-,20+/m1/s1. The second kappa shape index (κ2) is 6.39. The zero-order valence-corrected chi connectivity index (χ0v) is 14.7. The SMILES string of the molecule is COC(=O)C[C@@H]1c2ccc3cc(O)ccc3c2CC[C@]1(C)C(=O)OC. The van der Waals surface area contributed by atoms with Gasteiger partial charge >= 0.3 is 11.9 Å². The molecule has 132 valence electrons. The molecule has 5 nitrogen and oxygen atoms in total. The summed E-state index contributed by atoms with van der Waals surface area (Å²) < 4.78 is 9.89. The van der Waals surface area contributed by atoms with Gasteiger partial charge in [0.05, 0.1) is 26.1 Å². The number of phenols is 1. The van der Waals surface area contributed by atoms with Crippen LogP contribution in [0.5, 0.6) is 5.75 Å². The van der Waals surface area contributed by atoms with E-state index in [4.69, 9.17) is 9.47 Å². The van der Waals surface area contributed by atoms with E-state index in [2.05, 4.69) is 0 Å². The Morgan fingerprint density at radius 1 is 1.20 bits per heavy atom. The van der Waals surface area contributed by atoms with Crippen LogP contribution in [0.25, 0.3) is 10.8 Å². The van der Waals surface area contributed by atoms with Crippen LogP contribution in [0.3, 0.4) is 0 Å². The van der Waals surface area contributed by atoms with E-state index in [0.29, 0.717) is 12.8 Å². The van der Waals surface area contributed by atoms with Gasteiger partial charge in [-0.3, -0.25) is 9.59 Å². The molecular weight excluding hydrogens is 320 g/mol. The number of aryl methyl sites for hydroxylation is 1. The molecule has 1 N–H and O–H groups in total. The molecule has 3 rings (SSSR count). The summed E-state index contributed by atoms with van der Waals surface area (Å²) in [7, 11) is 2.73. The van der Waals surface area contributed by atoms with Crippen molar-refractivity contribution in [2.45, 2.75) is 32.1 Å². The van der Waals surface area contributed by atoms with E-state index in [1.807, 2.05) is 25.1 Å². The molecule has 0 saturated carbocycles. The number of fused-ring (bicyclic) bond motifs is 3. The van der Waals surface area contributed by atoms with Gasteiger partial charge in [-0.05, 0) is 53.8 Å². The monoisotopic (exact) mass is 342 g/mol. The van der Waals surface area contributed by atoms with E-state index >= 15 is 0 Å². The number of phenolic OH excluding ortho intramolecular Hbond substituents is 1. The molecule has 0 radical (unpaired) electrons. The third-order valence-electron chi connectivity index (χ3n) is 5.44. The average molecular weight is 342 g/mol. The Labute approximate surface area is 146 Å². The van der Waals surface area contributed by atoms with E-state index in [1.54, 1.807) is 12.1 Å². The minimum Gasteiger partial charge on any atom is -0.508 e. The van der Waals surface area contributed by atoms with E-state index in [-0.39, 0.29) is 30.0 Å². The minimum absolute atomic E-state index is 0.124. The molecule has 2 aromatic carbocycles. The Morgan fingerprint density at radius 3 is 2.64 bits per heavy atom. The molecule has 0 heterocycles. The first-order chi connectivity index (χ1) is 11.9. The number of rotatable bonds is 3. The summed E-state index contributed by atoms with van der Waals surface area (Å²) in [6, 6.07) is 9.14. The highest BCUT2D eigenvalue weighted by atomic mass is 16.5. The quantitative estimate of drug-likeness (QED) is 0.866. The molecule has 0 aliphatic heterocycles. The number of ether oxygens (including phenoxy) is 2. The summed E-state index contributed by atoms with van der Waals surface area (Å²) in [5, 5.41) is 11.7. The number of carbonyl (C=O) groups is 2. The molecule has 0 saturated heterocycles. The van der Waals surface area contributed by atoms with E-state index in [9.17, 15) is 14.7 Å². The molecule has 25 heavy (non-hydrogen) atoms. The number of hydrogen-bond donors (Lipinski definition) is 1. The minimum atomic E-state index is -0.777. The molecule has 0 fully saturated rings. The van der Waals surface area contributed by atoms with Crippen molar-refractivity contribution < 1.29 is 24.2 Å². The molecule has 1 aliphatic rings. The van der Waals surface area contributed by atoms with Gasteiger partial charge in [0.2, 0.25) is 0 Å². The Morgan fingerprint density at radius 2 is 1.96 bits per heavy atom. The lowest BCUT2D eigenvalue weighted by molar-refractivity contribution is -0.155. The molecule has 0 aromatic heterocycles. The van der Waals surface area contributed by atoms with E-state index in [0.717, 1.165) is 21.9 Å². The molecule has 0 unspecified atom stereocenters. The summed E-state index contributed by atoms with van der Waals surface area (Å²) in [5.41, 5.74) is 1.32. The normalized spacial score (nSPS) is 22.3. The van der Waals surface area contributed by atoms with Crippen LogP contribution in [0, 0.1) is 5.41 Å². The maximum Gasteiger partial charge on any atom is 0.312 e. The number of benzene rings is 2. The van der Waals surface area contributed by atoms with Crippen molar-refractivity contribution in [3.05, 3.63) is 41.5 Å². The second-order valence-corrected chi connectivity index (χ2v) is 6.78. The Kier molecular flexibility index (Phi) is 4.41. The fraction of sp³-hybridized carbons (Fsp3) is 0.400. The lowest BCUT2D eigenvalue weighted by Gasteiger charge is -2.40. The second-order valence-electron chi connectivity index (χ2n) is 6.78. The van der Waals surface area contributed by atoms with Gasteiger partial charge in [-0.15, -0.1) is 0 Å². The largest absolute Gasteiger partial charge is 0.508 e. The van der Waals surface area contributed by atoms with Crippen LogP contribution in [0.15, 0.2) is 30.3 Å². The van der Waals surface area contributed by atoms with Gasteiger partial charge in [0, 0.05) is 5.92 Å². The van der Waals surface area contributed by atoms with Gasteiger partial charge in [0.15, 0.2) is 0 Å². The first kappa shape index (κ1) is 17.3. The summed E-state index contributed by atoms with van der Waals surface area (Å²) in [6.45, 7) is 1.86. The Balaban J connectivity index is 2.17. The van der Waals surface area contributed by atoms with Crippen LogP contribution in [-0.4, -0.2) is 31.3 Å². The molecule has 0 amide bonds. The smallest absolute Gasteiger partial charge is 0.312 e. The zero-order chi connectivity index (χ0) is 18.2. The molecule has 2 atom stereocenters. The number of hydrogen-bond acceptors (Lipinski definition) is 5. The molecule has 2 aromatic rings. The van der Waals surface area contributed by atoms with Gasteiger partial charge in [-0.25, -0.2) is 0 Å². The van der Waals surface area contributed by atoms with Crippen molar-refractivity contribution in [1.82, 2.24) is 0 Å². The lowest BCUT2D eigenvalue weighted by atomic mass is 9.63. The van der Waals surface area contributed by atoms with Crippen LogP contribution in [-0.2, 0) is 25.5 Å². The number of aromatic hydroxyl groups is 1. The number of carbonyl (C=O) groups excluding carboxylic acids is 2. The van der Waals surface area contributed by atoms with Crippen molar-refractivity contribution in [3.63, 3.8) is 0 Å². The topological polar surface area (TPSA) is 72.8 Å². The summed E-state index contributed by atoms with van der Waals surface area (Å²) >= 11 is 0. The first-order valence-electron chi connectivity index (χ1n) is 8.30. The molecule has 1 aliphatic carbocycles. The highest BCUT2D eigenvalue weighted by molar-refractivity contribution is 5.90. The maximum absolute atomic E-state index is 12.5. The van der Waals surface area contributed by atoms with Crippen molar-refractivity contribution in [1.29, 1.82) is 0 Å². The van der Waals surface area contributed by atoms with Gasteiger partial charge in [0.25, 0.3) is 0 Å². The maximum atomic E-state index is 12.5. The van der Waals surface area contributed by atoms with Gasteiger partial charge in [-0.1, -0.05) is 18.2 Å². The fourth-order valence-electron chi connectivity index (χ4n) is 3.97. The summed E-state index contributed by atoms with van der Waals surface area (Å²) in [6.07, 6.45) is 1.42. The number of methoxy groups -OCH3 is 2. The summed E-state index contributed by atoms with van der Waals surface area (Å²) in [4.78, 5) is 24.5. The molecule has 5 heteroatoms. The Bertz CT molecular complexity index is 841. The highest BCUT2D eigenvalue weighted by Gasteiger charge is 2.47. The van der Waals surface area contributed by atoms with Gasteiger partial charge < -0.3 is 14.6 Å². The zero-order valence-electron chi connectivity index (χ0n) is 14.7. The van der Waals surface area contributed by atoms with Crippen LogP contribution in [0.4, 0.5) is 0 Å². The molecular formula is C20H22O5. The average Bonchev–Trinajstić information content (AvgIpc) is 2.62. The van der Waals surface area contributed by atoms with Crippen molar-refractivity contribution >= 4 is 22.7 Å². The third-order valence-corrected chi connectivity index (χ3v) is 5.44. The predicted molar refractivity (Wildman–Crippen MR) is 93.4 cm³/mol. The summed E-state index contributed by atoms with van der Waals surface area (Å²) in [5.74, 6) is -0.750. The van der Waals surface area contributed by atoms with E-state index < -0.39 is 5.41 Å². The van der Waals surface area contributed by atoms with Gasteiger partial charge in [-0.2, -0.15) is 0 Å². The predicted octanol–water partition coefficient (Wildman–Crippen LogP) is 3.32. The van der Waals surface area contributed by atoms with Crippen LogP contribution >= 0.6 is 0 Å². The van der Waals surface area contributed by atoms with Crippen LogP contribution < -0.4 is 0 Å². The lowest BCUT2D eigenvalue weighted by Crippen LogP contribution is -2.40. The van der Waals surface area contributed by atoms with Crippen molar-refractivity contribution in [2.75, 3.05) is 14.2 Å². The molecule has 0 spiro atoms. The van der Waals surface area contributed by atoms with E-state index in [1.165, 1.54) is 14.2 Å². The Hall–Kier alpha value is -2.56. The molecule has 0 bridgehead atoms. The van der Waals surface area contributed by atoms with Crippen LogP contribution in [0.1, 0.15) is 36.8 Å². The van der Waals surface area contributed by atoms with Crippen molar-refractivity contribution in [2.24, 2.45) is 5.41 Å².